The zero-order chi connectivity index (χ0) is 10.1. The number of aryl methyl sites for hydroxylation is 1. The van der Waals surface area contributed by atoms with Crippen LogP contribution in [0, 0.1) is 0 Å². The highest BCUT2D eigenvalue weighted by Gasteiger charge is 2.22. The van der Waals surface area contributed by atoms with E-state index < -0.39 is 0 Å². The summed E-state index contributed by atoms with van der Waals surface area (Å²) in [6, 6.07) is 1.66. The topological polar surface area (TPSA) is 66.5 Å². The van der Waals surface area contributed by atoms with Gasteiger partial charge in [0.05, 0.1) is 18.8 Å². The largest absolute Gasteiger partial charge is 0.394 e. The van der Waals surface area contributed by atoms with E-state index in [4.69, 9.17) is 10.8 Å². The van der Waals surface area contributed by atoms with Gasteiger partial charge < -0.3 is 15.9 Å². The van der Waals surface area contributed by atoms with Crippen LogP contribution in [-0.2, 0) is 6.42 Å². The van der Waals surface area contributed by atoms with E-state index in [0.717, 1.165) is 29.7 Å². The molecule has 1 aromatic rings. The molecule has 2 unspecified atom stereocenters. The Hall–Kier alpha value is -0.420. The van der Waals surface area contributed by atoms with Crippen molar-refractivity contribution in [3.8, 4) is 0 Å². The molecule has 1 aliphatic rings. The molecule has 1 heterocycles. The summed E-state index contributed by atoms with van der Waals surface area (Å²) in [4.78, 5) is 2.22. The van der Waals surface area contributed by atoms with E-state index in [1.54, 1.807) is 11.3 Å². The fourth-order valence-electron chi connectivity index (χ4n) is 1.83. The van der Waals surface area contributed by atoms with Crippen molar-refractivity contribution < 1.29 is 10.2 Å². The lowest BCUT2D eigenvalue weighted by molar-refractivity contribution is 0.157. The Morgan fingerprint density at radius 1 is 1.64 bits per heavy atom. The lowest BCUT2D eigenvalue weighted by Gasteiger charge is -2.16. The number of thiophene rings is 1. The molecule has 0 fully saturated rings. The van der Waals surface area contributed by atoms with E-state index in [0.29, 0.717) is 0 Å². The van der Waals surface area contributed by atoms with E-state index in [-0.39, 0.29) is 18.8 Å². The molecule has 0 aromatic carbocycles. The molecule has 0 spiro atoms. The van der Waals surface area contributed by atoms with Crippen molar-refractivity contribution in [3.63, 3.8) is 0 Å². The maximum atomic E-state index is 9.73. The van der Waals surface area contributed by atoms with Crippen molar-refractivity contribution in [1.29, 1.82) is 0 Å². The highest BCUT2D eigenvalue weighted by atomic mass is 32.1. The first-order valence-electron chi connectivity index (χ1n) is 4.89. The first-order valence-corrected chi connectivity index (χ1v) is 5.71. The predicted molar refractivity (Wildman–Crippen MR) is 56.2 cm³/mol. The zero-order valence-corrected chi connectivity index (χ0v) is 8.76. The minimum Gasteiger partial charge on any atom is -0.394 e. The quantitative estimate of drug-likeness (QED) is 0.689. The number of hydrogen-bond donors (Lipinski definition) is 3. The second kappa shape index (κ2) is 3.98. The van der Waals surface area contributed by atoms with Gasteiger partial charge in [0.1, 0.15) is 0 Å². The monoisotopic (exact) mass is 213 g/mol. The van der Waals surface area contributed by atoms with Gasteiger partial charge in [0.15, 0.2) is 0 Å². The Morgan fingerprint density at radius 2 is 2.43 bits per heavy atom. The van der Waals surface area contributed by atoms with Gasteiger partial charge in [-0.1, -0.05) is 0 Å². The van der Waals surface area contributed by atoms with Gasteiger partial charge in [-0.25, -0.2) is 0 Å². The molecule has 2 atom stereocenters. The Balaban J connectivity index is 2.30. The van der Waals surface area contributed by atoms with E-state index >= 15 is 0 Å². The van der Waals surface area contributed by atoms with Crippen molar-refractivity contribution in [2.24, 2.45) is 5.73 Å². The Labute approximate surface area is 87.2 Å². The third-order valence-electron chi connectivity index (χ3n) is 2.66. The minimum atomic E-state index is -0.324. The first kappa shape index (κ1) is 10.1. The summed E-state index contributed by atoms with van der Waals surface area (Å²) in [5.41, 5.74) is 6.76. The SMILES string of the molecule is NC(CO)c1cc2c(s1)CCCC2O. The number of fused-ring (bicyclic) bond motifs is 1. The molecule has 0 radical (unpaired) electrons. The van der Waals surface area contributed by atoms with Gasteiger partial charge in [0, 0.05) is 9.75 Å². The van der Waals surface area contributed by atoms with Crippen LogP contribution >= 0.6 is 11.3 Å². The number of nitrogens with two attached hydrogens (primary N) is 1. The Morgan fingerprint density at radius 3 is 3.07 bits per heavy atom. The molecular formula is C10H15NO2S. The second-order valence-electron chi connectivity index (χ2n) is 3.72. The average Bonchev–Trinajstić information content (AvgIpc) is 2.62. The smallest absolute Gasteiger partial charge is 0.0801 e. The van der Waals surface area contributed by atoms with Gasteiger partial charge in [-0.3, -0.25) is 0 Å². The molecule has 78 valence electrons. The van der Waals surface area contributed by atoms with Gasteiger partial charge in [-0.2, -0.15) is 0 Å². The maximum Gasteiger partial charge on any atom is 0.0801 e. The van der Waals surface area contributed by atoms with Crippen LogP contribution in [0.5, 0.6) is 0 Å². The molecule has 4 heteroatoms. The normalized spacial score (nSPS) is 23.2. The van der Waals surface area contributed by atoms with Gasteiger partial charge in [0.2, 0.25) is 0 Å². The van der Waals surface area contributed by atoms with E-state index in [1.807, 2.05) is 6.07 Å². The minimum absolute atomic E-state index is 0.0323. The molecule has 0 bridgehead atoms. The van der Waals surface area contributed by atoms with Gasteiger partial charge in [0.25, 0.3) is 0 Å². The fourth-order valence-corrected chi connectivity index (χ4v) is 3.08. The molecule has 14 heavy (non-hydrogen) atoms. The molecule has 1 aliphatic carbocycles. The second-order valence-corrected chi connectivity index (χ2v) is 4.89. The van der Waals surface area contributed by atoms with E-state index in [9.17, 15) is 5.11 Å². The summed E-state index contributed by atoms with van der Waals surface area (Å²) in [6.45, 7) is -0.0323. The summed E-state index contributed by atoms with van der Waals surface area (Å²) < 4.78 is 0. The number of aliphatic hydroxyl groups excluding tert-OH is 2. The Bertz CT molecular complexity index is 324. The van der Waals surface area contributed by atoms with Gasteiger partial charge in [-0.05, 0) is 30.9 Å². The maximum absolute atomic E-state index is 9.73. The van der Waals surface area contributed by atoms with E-state index in [2.05, 4.69) is 0 Å². The summed E-state index contributed by atoms with van der Waals surface area (Å²) in [7, 11) is 0. The van der Waals surface area contributed by atoms with Gasteiger partial charge >= 0.3 is 0 Å². The predicted octanol–water partition coefficient (Wildman–Crippen LogP) is 1.11. The molecule has 4 N–H and O–H groups in total. The van der Waals surface area contributed by atoms with Crippen molar-refractivity contribution in [1.82, 2.24) is 0 Å². The standard InChI is InChI=1S/C10H15NO2S/c11-7(5-12)10-4-6-8(13)2-1-3-9(6)14-10/h4,7-8,12-13H,1-3,5,11H2. The van der Waals surface area contributed by atoms with Crippen LogP contribution in [0.15, 0.2) is 6.07 Å². The molecule has 0 aliphatic heterocycles. The molecule has 3 nitrogen and oxygen atoms in total. The van der Waals surface area contributed by atoms with Crippen molar-refractivity contribution in [2.45, 2.75) is 31.4 Å². The molecule has 0 amide bonds. The van der Waals surface area contributed by atoms with Crippen LogP contribution in [0.1, 0.15) is 40.3 Å². The van der Waals surface area contributed by atoms with Crippen LogP contribution in [0.25, 0.3) is 0 Å². The third-order valence-corrected chi connectivity index (χ3v) is 4.01. The summed E-state index contributed by atoms with van der Waals surface area (Å²) in [5, 5.41) is 18.7. The van der Waals surface area contributed by atoms with Crippen LogP contribution < -0.4 is 5.73 Å². The molecule has 2 rings (SSSR count). The zero-order valence-electron chi connectivity index (χ0n) is 7.94. The number of rotatable bonds is 2. The molecule has 0 saturated heterocycles. The fraction of sp³-hybridized carbons (Fsp3) is 0.600. The Kier molecular flexibility index (Phi) is 2.88. The number of hydrogen-bond acceptors (Lipinski definition) is 4. The highest BCUT2D eigenvalue weighted by Crippen LogP contribution is 2.37. The highest BCUT2D eigenvalue weighted by molar-refractivity contribution is 7.12. The van der Waals surface area contributed by atoms with Crippen molar-refractivity contribution >= 4 is 11.3 Å². The van der Waals surface area contributed by atoms with E-state index in [1.165, 1.54) is 4.88 Å². The summed E-state index contributed by atoms with van der Waals surface area (Å²) >= 11 is 1.63. The van der Waals surface area contributed by atoms with Crippen LogP contribution in [0.4, 0.5) is 0 Å². The lowest BCUT2D eigenvalue weighted by Crippen LogP contribution is -2.12. The lowest BCUT2D eigenvalue weighted by atomic mass is 9.96. The van der Waals surface area contributed by atoms with Crippen molar-refractivity contribution in [2.75, 3.05) is 6.61 Å². The molecule has 0 saturated carbocycles. The molecule has 1 aromatic heterocycles. The van der Waals surface area contributed by atoms with Crippen LogP contribution in [0.3, 0.4) is 0 Å². The van der Waals surface area contributed by atoms with Gasteiger partial charge in [-0.15, -0.1) is 11.3 Å². The van der Waals surface area contributed by atoms with Crippen molar-refractivity contribution in [3.05, 3.63) is 21.4 Å². The summed E-state index contributed by atoms with van der Waals surface area (Å²) in [5.74, 6) is 0. The third kappa shape index (κ3) is 1.70. The van der Waals surface area contributed by atoms with Crippen LogP contribution in [-0.4, -0.2) is 16.8 Å². The van der Waals surface area contributed by atoms with Crippen LogP contribution in [0.2, 0.25) is 0 Å². The molecular weight excluding hydrogens is 198 g/mol. The first-order chi connectivity index (χ1) is 6.72. The summed E-state index contributed by atoms with van der Waals surface area (Å²) in [6.07, 6.45) is 2.60. The average molecular weight is 213 g/mol. The number of aliphatic hydroxyl groups is 2.